The van der Waals surface area contributed by atoms with Gasteiger partial charge in [0.1, 0.15) is 0 Å². The smallest absolute Gasteiger partial charge is 0.0758 e. The molecule has 0 spiro atoms. The maximum absolute atomic E-state index is 4.86. The zero-order valence-corrected chi connectivity index (χ0v) is 13.3. The molecule has 1 heterocycles. The number of halogens is 1. The average Bonchev–Trinajstić information content (AvgIpc) is 2.66. The molecule has 1 saturated carbocycles. The Balaban J connectivity index is 2.25. The lowest BCUT2D eigenvalue weighted by Gasteiger charge is -2.27. The number of nitrogens with zero attached hydrogens (tertiary/aromatic N) is 2. The van der Waals surface area contributed by atoms with Crippen molar-refractivity contribution in [2.45, 2.75) is 65.3 Å². The second-order valence-corrected chi connectivity index (χ2v) is 6.35. The summed E-state index contributed by atoms with van der Waals surface area (Å²) in [6.45, 7) is 6.83. The summed E-state index contributed by atoms with van der Waals surface area (Å²) in [5.74, 6) is 0.914. The molecule has 17 heavy (non-hydrogen) atoms. The molecule has 0 N–H and O–H groups in total. The van der Waals surface area contributed by atoms with Gasteiger partial charge in [-0.25, -0.2) is 0 Å². The Morgan fingerprint density at radius 1 is 1.18 bits per heavy atom. The SMILES string of the molecule is CCc1nn(C2CCC(C)CC2)c(CC)c1I. The highest BCUT2D eigenvalue weighted by Gasteiger charge is 2.24. The predicted octanol–water partition coefficient (Wildman–Crippen LogP) is 4.36. The van der Waals surface area contributed by atoms with Crippen LogP contribution >= 0.6 is 22.6 Å². The summed E-state index contributed by atoms with van der Waals surface area (Å²) in [6.07, 6.45) is 7.53. The Hall–Kier alpha value is -0.0600. The molecular weight excluding hydrogens is 323 g/mol. The summed E-state index contributed by atoms with van der Waals surface area (Å²) in [6, 6.07) is 0.662. The third-order valence-electron chi connectivity index (χ3n) is 4.01. The first-order valence-corrected chi connectivity index (χ1v) is 8.00. The Labute approximate surface area is 118 Å². The van der Waals surface area contributed by atoms with Crippen molar-refractivity contribution in [1.29, 1.82) is 0 Å². The lowest BCUT2D eigenvalue weighted by atomic mass is 9.87. The van der Waals surface area contributed by atoms with Gasteiger partial charge in [-0.3, -0.25) is 4.68 Å². The van der Waals surface area contributed by atoms with Crippen LogP contribution in [0.5, 0.6) is 0 Å². The average molecular weight is 346 g/mol. The van der Waals surface area contributed by atoms with E-state index in [-0.39, 0.29) is 0 Å². The third-order valence-corrected chi connectivity index (χ3v) is 5.26. The van der Waals surface area contributed by atoms with E-state index in [0.29, 0.717) is 6.04 Å². The molecule has 1 aromatic rings. The molecule has 0 atom stereocenters. The van der Waals surface area contributed by atoms with Gasteiger partial charge in [0.15, 0.2) is 0 Å². The largest absolute Gasteiger partial charge is 0.265 e. The van der Waals surface area contributed by atoms with Crippen molar-refractivity contribution < 1.29 is 0 Å². The lowest BCUT2D eigenvalue weighted by molar-refractivity contribution is 0.269. The highest BCUT2D eigenvalue weighted by Crippen LogP contribution is 2.33. The fourth-order valence-corrected chi connectivity index (χ4v) is 3.95. The minimum atomic E-state index is 0.662. The van der Waals surface area contributed by atoms with E-state index >= 15 is 0 Å². The second kappa shape index (κ2) is 5.72. The van der Waals surface area contributed by atoms with Crippen molar-refractivity contribution in [2.75, 3.05) is 0 Å². The van der Waals surface area contributed by atoms with Gasteiger partial charge in [0.2, 0.25) is 0 Å². The maximum Gasteiger partial charge on any atom is 0.0758 e. The van der Waals surface area contributed by atoms with Gasteiger partial charge in [-0.2, -0.15) is 5.10 Å². The minimum absolute atomic E-state index is 0.662. The van der Waals surface area contributed by atoms with E-state index in [1.165, 1.54) is 40.6 Å². The first-order chi connectivity index (χ1) is 8.17. The van der Waals surface area contributed by atoms with E-state index < -0.39 is 0 Å². The maximum atomic E-state index is 4.86. The van der Waals surface area contributed by atoms with Crippen molar-refractivity contribution in [3.8, 4) is 0 Å². The highest BCUT2D eigenvalue weighted by molar-refractivity contribution is 14.1. The van der Waals surface area contributed by atoms with E-state index in [2.05, 4.69) is 48.0 Å². The molecule has 0 amide bonds. The lowest BCUT2D eigenvalue weighted by Crippen LogP contribution is -2.19. The molecule has 1 aliphatic carbocycles. The van der Waals surface area contributed by atoms with Crippen LogP contribution in [-0.2, 0) is 12.8 Å². The molecular formula is C14H23IN2. The molecule has 0 aromatic carbocycles. The van der Waals surface area contributed by atoms with Crippen LogP contribution in [0.3, 0.4) is 0 Å². The van der Waals surface area contributed by atoms with Gasteiger partial charge in [0.25, 0.3) is 0 Å². The summed E-state index contributed by atoms with van der Waals surface area (Å²) in [4.78, 5) is 0. The van der Waals surface area contributed by atoms with E-state index in [0.717, 1.165) is 18.8 Å². The Morgan fingerprint density at radius 2 is 1.82 bits per heavy atom. The molecule has 0 radical (unpaired) electrons. The first-order valence-electron chi connectivity index (χ1n) is 6.93. The number of aromatic nitrogens is 2. The van der Waals surface area contributed by atoms with Gasteiger partial charge in [-0.05, 0) is 67.0 Å². The fraction of sp³-hybridized carbons (Fsp3) is 0.786. The minimum Gasteiger partial charge on any atom is -0.265 e. The van der Waals surface area contributed by atoms with Gasteiger partial charge >= 0.3 is 0 Å². The van der Waals surface area contributed by atoms with Crippen LogP contribution in [0.15, 0.2) is 0 Å². The highest BCUT2D eigenvalue weighted by atomic mass is 127. The van der Waals surface area contributed by atoms with Crippen LogP contribution in [0.1, 0.15) is 63.9 Å². The number of aryl methyl sites for hydroxylation is 1. The van der Waals surface area contributed by atoms with Crippen LogP contribution in [0, 0.1) is 9.49 Å². The Bertz CT molecular complexity index is 376. The van der Waals surface area contributed by atoms with E-state index in [1.54, 1.807) is 0 Å². The summed E-state index contributed by atoms with van der Waals surface area (Å²) >= 11 is 2.48. The zero-order chi connectivity index (χ0) is 12.4. The molecule has 0 unspecified atom stereocenters. The molecule has 2 rings (SSSR count). The molecule has 2 nitrogen and oxygen atoms in total. The van der Waals surface area contributed by atoms with Gasteiger partial charge in [0.05, 0.1) is 21.0 Å². The van der Waals surface area contributed by atoms with Gasteiger partial charge in [-0.15, -0.1) is 0 Å². The molecule has 1 aromatic heterocycles. The fourth-order valence-electron chi connectivity index (χ4n) is 2.83. The van der Waals surface area contributed by atoms with Crippen LogP contribution in [0.25, 0.3) is 0 Å². The Morgan fingerprint density at radius 3 is 2.35 bits per heavy atom. The van der Waals surface area contributed by atoms with Crippen molar-refractivity contribution in [1.82, 2.24) is 9.78 Å². The molecule has 1 fully saturated rings. The van der Waals surface area contributed by atoms with Crippen LogP contribution in [0.2, 0.25) is 0 Å². The topological polar surface area (TPSA) is 17.8 Å². The van der Waals surface area contributed by atoms with Crippen LogP contribution in [-0.4, -0.2) is 9.78 Å². The van der Waals surface area contributed by atoms with Crippen molar-refractivity contribution in [3.05, 3.63) is 15.0 Å². The number of hydrogen-bond donors (Lipinski definition) is 0. The Kier molecular flexibility index (Phi) is 4.50. The van der Waals surface area contributed by atoms with Gasteiger partial charge < -0.3 is 0 Å². The normalized spacial score (nSPS) is 25.2. The summed E-state index contributed by atoms with van der Waals surface area (Å²) < 4.78 is 3.76. The summed E-state index contributed by atoms with van der Waals surface area (Å²) in [7, 11) is 0. The summed E-state index contributed by atoms with van der Waals surface area (Å²) in [5, 5.41) is 4.86. The van der Waals surface area contributed by atoms with Crippen molar-refractivity contribution in [2.24, 2.45) is 5.92 Å². The second-order valence-electron chi connectivity index (χ2n) is 5.27. The quantitative estimate of drug-likeness (QED) is 0.744. The summed E-state index contributed by atoms with van der Waals surface area (Å²) in [5.41, 5.74) is 2.75. The first kappa shape index (κ1) is 13.4. The predicted molar refractivity (Wildman–Crippen MR) is 80.4 cm³/mol. The van der Waals surface area contributed by atoms with Crippen LogP contribution < -0.4 is 0 Å². The molecule has 0 bridgehead atoms. The molecule has 96 valence electrons. The van der Waals surface area contributed by atoms with Crippen molar-refractivity contribution in [3.63, 3.8) is 0 Å². The molecule has 0 aliphatic heterocycles. The molecule has 0 saturated heterocycles. The molecule has 1 aliphatic rings. The van der Waals surface area contributed by atoms with Gasteiger partial charge in [-0.1, -0.05) is 20.8 Å². The van der Waals surface area contributed by atoms with Gasteiger partial charge in [0, 0.05) is 0 Å². The van der Waals surface area contributed by atoms with E-state index in [4.69, 9.17) is 5.10 Å². The van der Waals surface area contributed by atoms with E-state index in [1.807, 2.05) is 0 Å². The van der Waals surface area contributed by atoms with Crippen LogP contribution in [0.4, 0.5) is 0 Å². The molecule has 3 heteroatoms. The standard InChI is InChI=1S/C14H23IN2/c1-4-12-14(15)13(5-2)17(16-12)11-8-6-10(3)7-9-11/h10-11H,4-9H2,1-3H3. The monoisotopic (exact) mass is 346 g/mol. The van der Waals surface area contributed by atoms with Crippen molar-refractivity contribution >= 4 is 22.6 Å². The zero-order valence-electron chi connectivity index (χ0n) is 11.2. The van der Waals surface area contributed by atoms with E-state index in [9.17, 15) is 0 Å². The number of rotatable bonds is 3. The third kappa shape index (κ3) is 2.69. The number of hydrogen-bond acceptors (Lipinski definition) is 1.